The maximum Gasteiger partial charge on any atom is 0.335 e. The number of nitrogens with zero attached hydrogens (tertiary/aromatic N) is 1. The Morgan fingerprint density at radius 3 is 2.72 bits per heavy atom. The average Bonchev–Trinajstić information content (AvgIpc) is 2.27. The molecule has 0 bridgehead atoms. The molecule has 0 radical (unpaired) electrons. The largest absolute Gasteiger partial charge is 0.478 e. The predicted octanol–water partition coefficient (Wildman–Crippen LogP) is 3.03. The molecule has 0 atom stereocenters. The quantitative estimate of drug-likeness (QED) is 0.892. The van der Waals surface area contributed by atoms with E-state index in [0.717, 1.165) is 30.1 Å². The Labute approximate surface area is 112 Å². The first-order valence-electron chi connectivity index (χ1n) is 6.12. The summed E-state index contributed by atoms with van der Waals surface area (Å²) in [5.41, 5.74) is 2.56. The molecule has 1 aromatic carbocycles. The van der Waals surface area contributed by atoms with E-state index < -0.39 is 5.97 Å². The van der Waals surface area contributed by atoms with Crippen LogP contribution in [0.3, 0.4) is 0 Å². The van der Waals surface area contributed by atoms with Crippen molar-refractivity contribution in [3.8, 4) is 0 Å². The molecule has 2 rings (SSSR count). The summed E-state index contributed by atoms with van der Waals surface area (Å²) in [7, 11) is 0. The summed E-state index contributed by atoms with van der Waals surface area (Å²) in [6.45, 7) is 8.53. The minimum Gasteiger partial charge on any atom is -0.478 e. The van der Waals surface area contributed by atoms with Gasteiger partial charge >= 0.3 is 5.97 Å². The van der Waals surface area contributed by atoms with Crippen LogP contribution in [0.5, 0.6) is 0 Å². The molecule has 0 saturated carbocycles. The zero-order chi connectivity index (χ0) is 13.3. The lowest BCUT2D eigenvalue weighted by atomic mass is 10.1. The number of aryl methyl sites for hydroxylation is 1. The van der Waals surface area contributed by atoms with Gasteiger partial charge in [-0.3, -0.25) is 0 Å². The predicted molar refractivity (Wildman–Crippen MR) is 76.9 cm³/mol. The number of carboxylic acids is 1. The van der Waals surface area contributed by atoms with E-state index in [1.165, 1.54) is 0 Å². The van der Waals surface area contributed by atoms with Crippen LogP contribution < -0.4 is 4.90 Å². The Kier molecular flexibility index (Phi) is 3.57. The smallest absolute Gasteiger partial charge is 0.335 e. The van der Waals surface area contributed by atoms with E-state index >= 15 is 0 Å². The van der Waals surface area contributed by atoms with Crippen LogP contribution in [0.1, 0.15) is 29.8 Å². The highest BCUT2D eigenvalue weighted by Crippen LogP contribution is 2.33. The standard InChI is InChI=1S/C14H19NO2S/c1-10-8-11(13(16)17)4-5-12(10)15-6-7-18-14(2,3)9-15/h4-5,8H,6-7,9H2,1-3H3,(H,16,17). The van der Waals surface area contributed by atoms with Crippen molar-refractivity contribution in [2.45, 2.75) is 25.5 Å². The lowest BCUT2D eigenvalue weighted by molar-refractivity contribution is 0.0697. The normalized spacial score (nSPS) is 18.7. The fourth-order valence-corrected chi connectivity index (χ4v) is 3.48. The number of anilines is 1. The molecule has 1 heterocycles. The Bertz CT molecular complexity index is 471. The SMILES string of the molecule is Cc1cc(C(=O)O)ccc1N1CCSC(C)(C)C1. The first kappa shape index (κ1) is 13.3. The molecular weight excluding hydrogens is 246 g/mol. The van der Waals surface area contributed by atoms with Crippen molar-refractivity contribution in [1.82, 2.24) is 0 Å². The number of hydrogen-bond donors (Lipinski definition) is 1. The highest BCUT2D eigenvalue weighted by Gasteiger charge is 2.27. The zero-order valence-corrected chi connectivity index (χ0v) is 11.9. The molecule has 18 heavy (non-hydrogen) atoms. The number of hydrogen-bond acceptors (Lipinski definition) is 3. The number of thioether (sulfide) groups is 1. The summed E-state index contributed by atoms with van der Waals surface area (Å²) >= 11 is 2.00. The van der Waals surface area contributed by atoms with Gasteiger partial charge in [-0.25, -0.2) is 4.79 Å². The third-order valence-corrected chi connectivity index (χ3v) is 4.51. The van der Waals surface area contributed by atoms with Gasteiger partial charge in [0, 0.05) is 29.3 Å². The molecule has 1 saturated heterocycles. The molecule has 1 aromatic rings. The van der Waals surface area contributed by atoms with Crippen LogP contribution in [-0.2, 0) is 0 Å². The highest BCUT2D eigenvalue weighted by molar-refractivity contribution is 8.00. The molecule has 0 aromatic heterocycles. The van der Waals surface area contributed by atoms with Crippen LogP contribution in [0.25, 0.3) is 0 Å². The van der Waals surface area contributed by atoms with Crippen molar-refractivity contribution in [2.75, 3.05) is 23.7 Å². The Hall–Kier alpha value is -1.16. The number of carbonyl (C=O) groups is 1. The topological polar surface area (TPSA) is 40.5 Å². The molecule has 3 nitrogen and oxygen atoms in total. The first-order chi connectivity index (χ1) is 8.39. The molecule has 0 aliphatic carbocycles. The Morgan fingerprint density at radius 2 is 2.17 bits per heavy atom. The van der Waals surface area contributed by atoms with Gasteiger partial charge in [-0.05, 0) is 44.5 Å². The molecule has 4 heteroatoms. The van der Waals surface area contributed by atoms with Crippen LogP contribution in [0.4, 0.5) is 5.69 Å². The third-order valence-electron chi connectivity index (χ3n) is 3.21. The molecule has 1 aliphatic rings. The van der Waals surface area contributed by atoms with Crippen LogP contribution in [0.2, 0.25) is 0 Å². The summed E-state index contributed by atoms with van der Waals surface area (Å²) in [6, 6.07) is 5.39. The summed E-state index contributed by atoms with van der Waals surface area (Å²) in [5.74, 6) is 0.256. The number of aromatic carboxylic acids is 1. The van der Waals surface area contributed by atoms with Gasteiger partial charge in [-0.1, -0.05) is 0 Å². The monoisotopic (exact) mass is 265 g/mol. The third kappa shape index (κ3) is 2.80. The van der Waals surface area contributed by atoms with Crippen molar-refractivity contribution in [3.63, 3.8) is 0 Å². The van der Waals surface area contributed by atoms with E-state index in [1.54, 1.807) is 12.1 Å². The second-order valence-electron chi connectivity index (χ2n) is 5.34. The first-order valence-corrected chi connectivity index (χ1v) is 7.10. The average molecular weight is 265 g/mol. The Morgan fingerprint density at radius 1 is 1.44 bits per heavy atom. The molecule has 0 unspecified atom stereocenters. The van der Waals surface area contributed by atoms with Crippen molar-refractivity contribution in [1.29, 1.82) is 0 Å². The zero-order valence-electron chi connectivity index (χ0n) is 11.1. The molecular formula is C14H19NO2S. The van der Waals surface area contributed by atoms with Gasteiger partial charge in [0.25, 0.3) is 0 Å². The highest BCUT2D eigenvalue weighted by atomic mass is 32.2. The van der Waals surface area contributed by atoms with E-state index in [9.17, 15) is 4.79 Å². The van der Waals surface area contributed by atoms with Gasteiger partial charge < -0.3 is 10.0 Å². The van der Waals surface area contributed by atoms with Crippen LogP contribution in [-0.4, -0.2) is 34.7 Å². The van der Waals surface area contributed by atoms with Crippen molar-refractivity contribution >= 4 is 23.4 Å². The number of rotatable bonds is 2. The van der Waals surface area contributed by atoms with E-state index in [0.29, 0.717) is 5.56 Å². The maximum atomic E-state index is 10.9. The second-order valence-corrected chi connectivity index (χ2v) is 7.14. The maximum absolute atomic E-state index is 10.9. The van der Waals surface area contributed by atoms with Gasteiger partial charge in [0.1, 0.15) is 0 Å². The molecule has 98 valence electrons. The van der Waals surface area contributed by atoms with Crippen molar-refractivity contribution in [2.24, 2.45) is 0 Å². The number of benzene rings is 1. The van der Waals surface area contributed by atoms with Crippen LogP contribution in [0.15, 0.2) is 18.2 Å². The van der Waals surface area contributed by atoms with Crippen LogP contribution in [0, 0.1) is 6.92 Å². The van der Waals surface area contributed by atoms with Crippen LogP contribution >= 0.6 is 11.8 Å². The van der Waals surface area contributed by atoms with E-state index in [-0.39, 0.29) is 4.75 Å². The molecule has 1 aliphatic heterocycles. The molecule has 1 fully saturated rings. The summed E-state index contributed by atoms with van der Waals surface area (Å²) in [5, 5.41) is 8.98. The molecule has 0 amide bonds. The fraction of sp³-hybridized carbons (Fsp3) is 0.500. The van der Waals surface area contributed by atoms with Gasteiger partial charge in [0.2, 0.25) is 0 Å². The lowest BCUT2D eigenvalue weighted by Crippen LogP contribution is -2.43. The van der Waals surface area contributed by atoms with Gasteiger partial charge in [0.15, 0.2) is 0 Å². The fourth-order valence-electron chi connectivity index (χ4n) is 2.37. The van der Waals surface area contributed by atoms with Gasteiger partial charge in [-0.2, -0.15) is 11.8 Å². The Balaban J connectivity index is 2.26. The van der Waals surface area contributed by atoms with Crippen molar-refractivity contribution < 1.29 is 9.90 Å². The van der Waals surface area contributed by atoms with E-state index in [4.69, 9.17) is 5.11 Å². The van der Waals surface area contributed by atoms with Crippen molar-refractivity contribution in [3.05, 3.63) is 29.3 Å². The molecule has 1 N–H and O–H groups in total. The van der Waals surface area contributed by atoms with E-state index in [1.807, 2.05) is 24.8 Å². The minimum absolute atomic E-state index is 0.260. The van der Waals surface area contributed by atoms with Gasteiger partial charge in [-0.15, -0.1) is 0 Å². The lowest BCUT2D eigenvalue weighted by Gasteiger charge is -2.39. The minimum atomic E-state index is -0.862. The number of carboxylic acid groups (broad SMARTS) is 1. The van der Waals surface area contributed by atoms with Gasteiger partial charge in [0.05, 0.1) is 5.56 Å². The second kappa shape index (κ2) is 4.84. The summed E-state index contributed by atoms with van der Waals surface area (Å²) in [4.78, 5) is 13.3. The summed E-state index contributed by atoms with van der Waals surface area (Å²) in [6.07, 6.45) is 0. The molecule has 0 spiro atoms. The van der Waals surface area contributed by atoms with E-state index in [2.05, 4.69) is 18.7 Å². The summed E-state index contributed by atoms with van der Waals surface area (Å²) < 4.78 is 0.260.